The number of carbonyl (C=O) groups excluding carboxylic acids is 2. The SMILES string of the molecule is CC(C)(C)OC(=O)NC1(c2cc[c]([Sn]([CH3])([CH3])[CH3])cc2)CCC1.CC(C)(C)OC(=O)NC1(c2ccc(Br)cc2)CCC1. The molecule has 41 heavy (non-hydrogen) atoms. The van der Waals surface area contributed by atoms with Crippen LogP contribution in [0.2, 0.25) is 14.8 Å². The quantitative estimate of drug-likeness (QED) is 0.302. The van der Waals surface area contributed by atoms with Gasteiger partial charge in [-0.3, -0.25) is 0 Å². The van der Waals surface area contributed by atoms with Crippen LogP contribution in [0.1, 0.15) is 91.2 Å². The molecule has 0 spiro atoms. The Morgan fingerprint density at radius 1 is 0.683 bits per heavy atom. The Labute approximate surface area is 259 Å². The summed E-state index contributed by atoms with van der Waals surface area (Å²) in [4.78, 5) is 31.4. The van der Waals surface area contributed by atoms with Gasteiger partial charge in [0.05, 0.1) is 5.54 Å². The van der Waals surface area contributed by atoms with Gasteiger partial charge in [0.2, 0.25) is 0 Å². The fourth-order valence-corrected chi connectivity index (χ4v) is 8.68. The second-order valence-corrected chi connectivity index (χ2v) is 29.9. The number of hydrogen-bond donors (Lipinski definition) is 2. The maximum Gasteiger partial charge on any atom is 0.408 e. The van der Waals surface area contributed by atoms with Gasteiger partial charge >= 0.3 is 145 Å². The Hall–Kier alpha value is -1.74. The van der Waals surface area contributed by atoms with Crippen LogP contribution < -0.4 is 14.2 Å². The van der Waals surface area contributed by atoms with Crippen LogP contribution in [-0.4, -0.2) is 41.8 Å². The molecular weight excluding hydrogens is 687 g/mol. The van der Waals surface area contributed by atoms with Crippen LogP contribution in [0.15, 0.2) is 53.0 Å². The summed E-state index contributed by atoms with van der Waals surface area (Å²) in [6, 6.07) is 17.1. The van der Waals surface area contributed by atoms with Gasteiger partial charge in [-0.1, -0.05) is 28.1 Å². The van der Waals surface area contributed by atoms with Crippen LogP contribution in [0.5, 0.6) is 0 Å². The van der Waals surface area contributed by atoms with Gasteiger partial charge in [-0.05, 0) is 57.7 Å². The fourth-order valence-electron chi connectivity index (χ4n) is 5.09. The zero-order chi connectivity index (χ0) is 30.7. The van der Waals surface area contributed by atoms with Crippen molar-refractivity contribution in [2.75, 3.05) is 0 Å². The van der Waals surface area contributed by atoms with Gasteiger partial charge < -0.3 is 10.1 Å². The molecule has 2 saturated carbocycles. The normalized spacial score (nSPS) is 17.5. The summed E-state index contributed by atoms with van der Waals surface area (Å²) in [6.07, 6.45) is 5.54. The van der Waals surface area contributed by atoms with E-state index in [1.807, 2.05) is 53.7 Å². The number of halogens is 1. The van der Waals surface area contributed by atoms with Gasteiger partial charge in [0, 0.05) is 4.47 Å². The van der Waals surface area contributed by atoms with Crippen molar-refractivity contribution in [2.24, 2.45) is 0 Å². The Kier molecular flexibility index (Phi) is 10.6. The van der Waals surface area contributed by atoms with E-state index in [4.69, 9.17) is 9.47 Å². The van der Waals surface area contributed by atoms with Crippen molar-refractivity contribution in [1.82, 2.24) is 10.6 Å². The van der Waals surface area contributed by atoms with Crippen molar-refractivity contribution in [3.63, 3.8) is 0 Å². The number of carbonyl (C=O) groups is 2. The van der Waals surface area contributed by atoms with Crippen LogP contribution in [0.3, 0.4) is 0 Å². The molecule has 2 amide bonds. The van der Waals surface area contributed by atoms with E-state index in [0.29, 0.717) is 0 Å². The number of hydrogen-bond acceptors (Lipinski definition) is 4. The molecule has 0 aliphatic heterocycles. The van der Waals surface area contributed by atoms with E-state index in [-0.39, 0.29) is 23.3 Å². The van der Waals surface area contributed by atoms with Crippen LogP contribution in [0.25, 0.3) is 0 Å². The molecule has 6 nitrogen and oxygen atoms in total. The first-order valence-corrected chi connectivity index (χ1v) is 25.5. The molecule has 4 rings (SSSR count). The van der Waals surface area contributed by atoms with Crippen LogP contribution >= 0.6 is 15.9 Å². The molecule has 2 N–H and O–H groups in total. The summed E-state index contributed by atoms with van der Waals surface area (Å²) in [6.45, 7) is 11.3. The molecule has 2 aromatic rings. The third-order valence-electron chi connectivity index (χ3n) is 7.59. The Morgan fingerprint density at radius 2 is 1.02 bits per heavy atom. The minimum absolute atomic E-state index is 0.228. The van der Waals surface area contributed by atoms with E-state index >= 15 is 0 Å². The molecule has 8 heteroatoms. The standard InChI is InChI=1S/C15H20BrNO2.C15H20NO2.3CH3.Sn/c1-14(2,3)19-13(18)17-15(9-4-10-15)11-5-7-12(16)8-6-11;1-14(2,3)18-13(17)16-15(10-7-11-15)12-8-5-4-6-9-12;;;;/h5-8H,4,9-10H2,1-3H3,(H,17,18);5-6,8-9H,7,10-11H2,1-3H3,(H,16,17);3*1H3;. The summed E-state index contributed by atoms with van der Waals surface area (Å²) in [5.74, 6) is 0. The van der Waals surface area contributed by atoms with E-state index in [1.165, 1.54) is 9.14 Å². The maximum absolute atomic E-state index is 12.1. The monoisotopic (exact) mass is 736 g/mol. The van der Waals surface area contributed by atoms with Crippen LogP contribution in [-0.2, 0) is 20.6 Å². The smallest absolute Gasteiger partial charge is 0.408 e. The van der Waals surface area contributed by atoms with Crippen molar-refractivity contribution in [2.45, 2.75) is 117 Å². The molecule has 0 bridgehead atoms. The average molecular weight is 736 g/mol. The van der Waals surface area contributed by atoms with Crippen LogP contribution in [0, 0.1) is 0 Å². The zero-order valence-corrected chi connectivity index (χ0v) is 30.8. The van der Waals surface area contributed by atoms with E-state index in [0.717, 1.165) is 48.6 Å². The maximum atomic E-state index is 12.1. The predicted octanol–water partition coefficient (Wildman–Crippen LogP) is 8.49. The molecule has 226 valence electrons. The molecule has 0 aromatic heterocycles. The Bertz CT molecular complexity index is 1180. The summed E-state index contributed by atoms with van der Waals surface area (Å²) in [7, 11) is 0. The zero-order valence-electron chi connectivity index (χ0n) is 26.4. The van der Waals surface area contributed by atoms with Gasteiger partial charge in [0.1, 0.15) is 5.60 Å². The van der Waals surface area contributed by atoms with E-state index in [2.05, 4.69) is 77.8 Å². The number of ether oxygens (including phenoxy) is 2. The second kappa shape index (κ2) is 12.9. The van der Waals surface area contributed by atoms with Gasteiger partial charge in [-0.2, -0.15) is 0 Å². The summed E-state index contributed by atoms with van der Waals surface area (Å²) >= 11 is 1.42. The van der Waals surface area contributed by atoms with Crippen molar-refractivity contribution in [1.29, 1.82) is 0 Å². The third-order valence-corrected chi connectivity index (χ3v) is 14.0. The van der Waals surface area contributed by atoms with E-state index in [9.17, 15) is 9.59 Å². The molecule has 2 fully saturated rings. The minimum Gasteiger partial charge on any atom is -0.444 e. The summed E-state index contributed by atoms with van der Waals surface area (Å²) < 4.78 is 13.3. The van der Waals surface area contributed by atoms with Gasteiger partial charge in [-0.25, -0.2) is 4.79 Å². The second-order valence-electron chi connectivity index (χ2n) is 14.5. The van der Waals surface area contributed by atoms with Crippen LogP contribution in [0.4, 0.5) is 9.59 Å². The van der Waals surface area contributed by atoms with Gasteiger partial charge in [0.25, 0.3) is 0 Å². The molecule has 2 aliphatic carbocycles. The first-order chi connectivity index (χ1) is 18.8. The van der Waals surface area contributed by atoms with Crippen molar-refractivity contribution in [3.8, 4) is 0 Å². The number of nitrogens with one attached hydrogen (secondary N) is 2. The van der Waals surface area contributed by atoms with Gasteiger partial charge in [0.15, 0.2) is 0 Å². The predicted molar refractivity (Wildman–Crippen MR) is 173 cm³/mol. The Balaban J connectivity index is 0.000000228. The molecule has 0 saturated heterocycles. The number of benzene rings is 2. The fraction of sp³-hybridized carbons (Fsp3) is 0.576. The topological polar surface area (TPSA) is 76.7 Å². The molecule has 2 aliphatic rings. The van der Waals surface area contributed by atoms with Crippen molar-refractivity contribution in [3.05, 3.63) is 64.1 Å². The first-order valence-electron chi connectivity index (χ1n) is 14.7. The van der Waals surface area contributed by atoms with Gasteiger partial charge in [-0.15, -0.1) is 0 Å². The molecule has 2 aromatic carbocycles. The molecule has 0 radical (unpaired) electrons. The molecule has 0 unspecified atom stereocenters. The average Bonchev–Trinajstić information content (AvgIpc) is 2.77. The summed E-state index contributed by atoms with van der Waals surface area (Å²) in [5.41, 5.74) is 0.961. The molecular formula is C33H49BrN2O4Sn. The van der Waals surface area contributed by atoms with Crippen molar-refractivity contribution >= 4 is 50.1 Å². The third kappa shape index (κ3) is 9.63. The minimum atomic E-state index is -2.01. The van der Waals surface area contributed by atoms with E-state index < -0.39 is 29.6 Å². The summed E-state index contributed by atoms with van der Waals surface area (Å²) in [5, 5.41) is 6.16. The molecule has 0 atom stereocenters. The number of rotatable bonds is 5. The van der Waals surface area contributed by atoms with Crippen molar-refractivity contribution < 1.29 is 19.1 Å². The Morgan fingerprint density at radius 3 is 1.29 bits per heavy atom. The first kappa shape index (κ1) is 33.8. The molecule has 0 heterocycles. The van der Waals surface area contributed by atoms with E-state index in [1.54, 1.807) is 0 Å². The number of amides is 2. The number of alkyl carbamates (subject to hydrolysis) is 2. The largest absolute Gasteiger partial charge is 0.444 e.